The Morgan fingerprint density at radius 1 is 1.17 bits per heavy atom. The van der Waals surface area contributed by atoms with Gasteiger partial charge in [-0.05, 0) is 25.2 Å². The normalized spacial score (nSPS) is 29.5. The highest BCUT2D eigenvalue weighted by Gasteiger charge is 2.23. The van der Waals surface area contributed by atoms with Crippen LogP contribution in [0, 0.1) is 5.92 Å². The van der Waals surface area contributed by atoms with Gasteiger partial charge in [-0.1, -0.05) is 55.0 Å². The smallest absolute Gasteiger partial charge is 0.0174 e. The lowest BCUT2D eigenvalue weighted by atomic mass is 9.99. The predicted octanol–water partition coefficient (Wildman–Crippen LogP) is 4.52. The fraction of sp³-hybridized carbons (Fsp3) is 1.00. The van der Waals surface area contributed by atoms with Gasteiger partial charge in [0, 0.05) is 4.83 Å². The summed E-state index contributed by atoms with van der Waals surface area (Å²) in [6.07, 6.45) is 11.5. The number of rotatable bonds is 5. The molecule has 0 heterocycles. The summed E-state index contributed by atoms with van der Waals surface area (Å²) in [6.45, 7) is 2.28. The Kier molecular flexibility index (Phi) is 5.29. The summed E-state index contributed by atoms with van der Waals surface area (Å²) >= 11 is 3.77. The van der Waals surface area contributed by atoms with Crippen LogP contribution in [0.1, 0.15) is 58.3 Å². The second kappa shape index (κ2) is 6.01. The van der Waals surface area contributed by atoms with E-state index in [0.29, 0.717) is 0 Å². The lowest BCUT2D eigenvalue weighted by Crippen LogP contribution is -2.05. The van der Waals surface area contributed by atoms with Crippen LogP contribution in [0.25, 0.3) is 0 Å². The molecular formula is C11H21Br. The van der Waals surface area contributed by atoms with E-state index in [2.05, 4.69) is 22.9 Å². The van der Waals surface area contributed by atoms with Gasteiger partial charge in [0.05, 0.1) is 0 Å². The molecule has 12 heavy (non-hydrogen) atoms. The van der Waals surface area contributed by atoms with Gasteiger partial charge in [-0.2, -0.15) is 0 Å². The van der Waals surface area contributed by atoms with Crippen molar-refractivity contribution in [1.29, 1.82) is 0 Å². The SMILES string of the molecule is CCCCCCC1CCCC1Br. The Bertz CT molecular complexity index is 112. The van der Waals surface area contributed by atoms with E-state index in [0.717, 1.165) is 10.7 Å². The van der Waals surface area contributed by atoms with Gasteiger partial charge in [-0.15, -0.1) is 0 Å². The average Bonchev–Trinajstić information content (AvgIpc) is 2.46. The fourth-order valence-corrected chi connectivity index (χ4v) is 3.00. The second-order valence-corrected chi connectivity index (χ2v) is 5.23. The number of hydrogen-bond donors (Lipinski definition) is 0. The zero-order chi connectivity index (χ0) is 8.81. The van der Waals surface area contributed by atoms with Crippen LogP contribution in [-0.2, 0) is 0 Å². The monoisotopic (exact) mass is 232 g/mol. The maximum atomic E-state index is 3.77. The Labute approximate surface area is 85.3 Å². The highest BCUT2D eigenvalue weighted by atomic mass is 79.9. The van der Waals surface area contributed by atoms with E-state index < -0.39 is 0 Å². The van der Waals surface area contributed by atoms with Crippen molar-refractivity contribution in [3.63, 3.8) is 0 Å². The first-order valence-corrected chi connectivity index (χ1v) is 6.40. The summed E-state index contributed by atoms with van der Waals surface area (Å²) < 4.78 is 0. The van der Waals surface area contributed by atoms with Crippen LogP contribution in [0.4, 0.5) is 0 Å². The Balaban J connectivity index is 1.98. The third-order valence-electron chi connectivity index (χ3n) is 2.99. The maximum absolute atomic E-state index is 3.77. The van der Waals surface area contributed by atoms with Gasteiger partial charge in [0.1, 0.15) is 0 Å². The molecule has 0 aromatic carbocycles. The van der Waals surface area contributed by atoms with Crippen molar-refractivity contribution in [3.8, 4) is 0 Å². The predicted molar refractivity (Wildman–Crippen MR) is 58.8 cm³/mol. The van der Waals surface area contributed by atoms with Crippen molar-refractivity contribution < 1.29 is 0 Å². The van der Waals surface area contributed by atoms with Crippen LogP contribution >= 0.6 is 15.9 Å². The molecule has 0 aromatic heterocycles. The van der Waals surface area contributed by atoms with E-state index >= 15 is 0 Å². The first-order valence-electron chi connectivity index (χ1n) is 5.48. The molecule has 0 bridgehead atoms. The van der Waals surface area contributed by atoms with Crippen LogP contribution < -0.4 is 0 Å². The average molecular weight is 233 g/mol. The highest BCUT2D eigenvalue weighted by molar-refractivity contribution is 9.09. The fourth-order valence-electron chi connectivity index (χ4n) is 2.15. The molecule has 0 spiro atoms. The summed E-state index contributed by atoms with van der Waals surface area (Å²) in [5, 5.41) is 0. The van der Waals surface area contributed by atoms with Gasteiger partial charge in [0.2, 0.25) is 0 Å². The molecule has 0 saturated heterocycles. The second-order valence-electron chi connectivity index (χ2n) is 4.06. The minimum Gasteiger partial charge on any atom is -0.0888 e. The van der Waals surface area contributed by atoms with Gasteiger partial charge in [-0.25, -0.2) is 0 Å². The molecule has 72 valence electrons. The van der Waals surface area contributed by atoms with Crippen molar-refractivity contribution >= 4 is 15.9 Å². The molecule has 1 saturated carbocycles. The molecule has 0 aliphatic heterocycles. The van der Waals surface area contributed by atoms with Crippen molar-refractivity contribution in [3.05, 3.63) is 0 Å². The van der Waals surface area contributed by atoms with Gasteiger partial charge in [0.25, 0.3) is 0 Å². The number of unbranched alkanes of at least 4 members (excludes halogenated alkanes) is 3. The van der Waals surface area contributed by atoms with E-state index in [1.807, 2.05) is 0 Å². The lowest BCUT2D eigenvalue weighted by molar-refractivity contribution is 0.478. The summed E-state index contributed by atoms with van der Waals surface area (Å²) in [7, 11) is 0. The third kappa shape index (κ3) is 3.47. The molecular weight excluding hydrogens is 212 g/mol. The molecule has 0 aromatic rings. The van der Waals surface area contributed by atoms with E-state index in [-0.39, 0.29) is 0 Å². The van der Waals surface area contributed by atoms with Gasteiger partial charge in [-0.3, -0.25) is 0 Å². The molecule has 0 N–H and O–H groups in total. The van der Waals surface area contributed by atoms with E-state index in [1.54, 1.807) is 0 Å². The number of alkyl halides is 1. The highest BCUT2D eigenvalue weighted by Crippen LogP contribution is 2.34. The topological polar surface area (TPSA) is 0 Å². The van der Waals surface area contributed by atoms with Crippen LogP contribution in [0.2, 0.25) is 0 Å². The molecule has 2 atom stereocenters. The molecule has 1 aliphatic carbocycles. The largest absolute Gasteiger partial charge is 0.0888 e. The Morgan fingerprint density at radius 2 is 2.00 bits per heavy atom. The zero-order valence-electron chi connectivity index (χ0n) is 8.19. The third-order valence-corrected chi connectivity index (χ3v) is 4.20. The minimum absolute atomic E-state index is 0.846. The van der Waals surface area contributed by atoms with Crippen molar-refractivity contribution in [2.45, 2.75) is 63.1 Å². The molecule has 0 amide bonds. The molecule has 2 unspecified atom stereocenters. The summed E-state index contributed by atoms with van der Waals surface area (Å²) in [5.74, 6) is 1.00. The quantitative estimate of drug-likeness (QED) is 0.483. The molecule has 1 fully saturated rings. The molecule has 1 aliphatic rings. The van der Waals surface area contributed by atoms with Crippen LogP contribution in [0.15, 0.2) is 0 Å². The van der Waals surface area contributed by atoms with Gasteiger partial charge >= 0.3 is 0 Å². The van der Waals surface area contributed by atoms with Crippen LogP contribution in [0.5, 0.6) is 0 Å². The van der Waals surface area contributed by atoms with Crippen LogP contribution in [-0.4, -0.2) is 4.83 Å². The van der Waals surface area contributed by atoms with Crippen molar-refractivity contribution in [1.82, 2.24) is 0 Å². The van der Waals surface area contributed by atoms with E-state index in [1.165, 1.54) is 51.4 Å². The summed E-state index contributed by atoms with van der Waals surface area (Å²) in [6, 6.07) is 0. The minimum atomic E-state index is 0.846. The first-order chi connectivity index (χ1) is 5.84. The molecule has 1 heteroatoms. The first kappa shape index (κ1) is 10.6. The summed E-state index contributed by atoms with van der Waals surface area (Å²) in [4.78, 5) is 0.846. The van der Waals surface area contributed by atoms with Gasteiger partial charge in [0.15, 0.2) is 0 Å². The summed E-state index contributed by atoms with van der Waals surface area (Å²) in [5.41, 5.74) is 0. The van der Waals surface area contributed by atoms with Crippen molar-refractivity contribution in [2.24, 2.45) is 5.92 Å². The Morgan fingerprint density at radius 3 is 2.58 bits per heavy atom. The molecule has 0 radical (unpaired) electrons. The Hall–Kier alpha value is 0.480. The molecule has 1 rings (SSSR count). The van der Waals surface area contributed by atoms with E-state index in [4.69, 9.17) is 0 Å². The van der Waals surface area contributed by atoms with E-state index in [9.17, 15) is 0 Å². The lowest BCUT2D eigenvalue weighted by Gasteiger charge is -2.12. The number of halogens is 1. The van der Waals surface area contributed by atoms with Crippen LogP contribution in [0.3, 0.4) is 0 Å². The molecule has 0 nitrogen and oxygen atoms in total. The standard InChI is InChI=1S/C11H21Br/c1-2-3-4-5-7-10-8-6-9-11(10)12/h10-11H,2-9H2,1H3. The number of hydrogen-bond acceptors (Lipinski definition) is 0. The van der Waals surface area contributed by atoms with Gasteiger partial charge < -0.3 is 0 Å². The maximum Gasteiger partial charge on any atom is 0.0174 e. The zero-order valence-corrected chi connectivity index (χ0v) is 9.78. The van der Waals surface area contributed by atoms with Crippen molar-refractivity contribution in [2.75, 3.05) is 0 Å².